The van der Waals surface area contributed by atoms with Crippen molar-refractivity contribution in [3.05, 3.63) is 70.4 Å². The number of rotatable bonds is 12. The van der Waals surface area contributed by atoms with E-state index in [4.69, 9.17) is 42.3 Å². The molecule has 0 bridgehead atoms. The largest absolute Gasteiger partial charge is 0.489 e. The first-order valence-electron chi connectivity index (χ1n) is 11.1. The monoisotopic (exact) mass is 557 g/mol. The highest BCUT2D eigenvalue weighted by Gasteiger charge is 2.26. The summed E-state index contributed by atoms with van der Waals surface area (Å²) in [7, 11) is 1.70. The lowest BCUT2D eigenvalue weighted by Crippen LogP contribution is -2.08. The molecule has 0 radical (unpaired) electrons. The van der Waals surface area contributed by atoms with Crippen LogP contribution in [0.1, 0.15) is 24.1 Å². The second kappa shape index (κ2) is 13.3. The van der Waals surface area contributed by atoms with Crippen LogP contribution < -0.4 is 14.2 Å². The van der Waals surface area contributed by atoms with Gasteiger partial charge in [-0.25, -0.2) is 4.68 Å². The van der Waals surface area contributed by atoms with Crippen LogP contribution >= 0.6 is 23.2 Å². The van der Waals surface area contributed by atoms with E-state index >= 15 is 0 Å². The topological polar surface area (TPSA) is 67.1 Å². The van der Waals surface area contributed by atoms with Crippen molar-refractivity contribution in [1.82, 2.24) is 9.78 Å². The summed E-state index contributed by atoms with van der Waals surface area (Å²) in [5.41, 5.74) is 1.17. The highest BCUT2D eigenvalue weighted by molar-refractivity contribution is 6.55. The Morgan fingerprint density at radius 2 is 1.54 bits per heavy atom. The summed E-state index contributed by atoms with van der Waals surface area (Å²) in [6.45, 7) is 1.86. The second-order valence-corrected chi connectivity index (χ2v) is 8.67. The van der Waals surface area contributed by atoms with Crippen molar-refractivity contribution in [2.45, 2.75) is 25.9 Å². The summed E-state index contributed by atoms with van der Waals surface area (Å²) in [6.07, 6.45) is -2.41. The van der Waals surface area contributed by atoms with E-state index in [1.165, 1.54) is 17.0 Å². The van der Waals surface area contributed by atoms with Crippen LogP contribution in [-0.4, -0.2) is 35.4 Å². The molecule has 12 heteroatoms. The Morgan fingerprint density at radius 3 is 2.11 bits per heavy atom. The number of hydrogen-bond donors (Lipinski definition) is 0. The molecule has 0 amide bonds. The Bertz CT molecular complexity index is 1210. The van der Waals surface area contributed by atoms with E-state index in [0.29, 0.717) is 40.1 Å². The van der Waals surface area contributed by atoms with Gasteiger partial charge in [-0.3, -0.25) is 0 Å². The van der Waals surface area contributed by atoms with Crippen molar-refractivity contribution in [2.75, 3.05) is 13.2 Å². The first-order chi connectivity index (χ1) is 17.6. The average Bonchev–Trinajstić information content (AvgIpc) is 3.09. The standard InChI is InChI=1S/C25H24Cl2F3N3O4/c1-17-22(16-31-35-14-3-13-25(28,29)30)24(33(2)32-17)37-21-10-8-20(9-11-21)36-19-6-4-18(5-7-19)34-15-12-23(26)27/h4-12,16H,3,13-15H2,1-2H3. The molecule has 0 atom stereocenters. The van der Waals surface area contributed by atoms with E-state index in [1.54, 1.807) is 62.5 Å². The summed E-state index contributed by atoms with van der Waals surface area (Å²) in [6, 6.07) is 14.0. The zero-order valence-electron chi connectivity index (χ0n) is 20.0. The van der Waals surface area contributed by atoms with Crippen LogP contribution in [0.2, 0.25) is 0 Å². The zero-order chi connectivity index (χ0) is 26.8. The summed E-state index contributed by atoms with van der Waals surface area (Å²) < 4.78 is 55.6. The lowest BCUT2D eigenvalue weighted by atomic mass is 10.2. The molecule has 3 rings (SSSR count). The molecular formula is C25H24Cl2F3N3O4. The van der Waals surface area contributed by atoms with Crippen LogP contribution in [0.15, 0.2) is 64.3 Å². The summed E-state index contributed by atoms with van der Waals surface area (Å²) >= 11 is 11.1. The van der Waals surface area contributed by atoms with Gasteiger partial charge in [-0.05, 0) is 68.0 Å². The smallest absolute Gasteiger partial charge is 0.389 e. The number of aromatic nitrogens is 2. The molecule has 3 aromatic rings. The Balaban J connectivity index is 1.57. The maximum Gasteiger partial charge on any atom is 0.389 e. The van der Waals surface area contributed by atoms with Gasteiger partial charge in [0.2, 0.25) is 5.88 Å². The molecule has 37 heavy (non-hydrogen) atoms. The molecule has 0 spiro atoms. The van der Waals surface area contributed by atoms with Crippen LogP contribution in [0.3, 0.4) is 0 Å². The minimum atomic E-state index is -4.22. The molecule has 1 aromatic heterocycles. The highest BCUT2D eigenvalue weighted by Crippen LogP contribution is 2.30. The average molecular weight is 558 g/mol. The van der Waals surface area contributed by atoms with E-state index in [-0.39, 0.29) is 24.1 Å². The Morgan fingerprint density at radius 1 is 0.973 bits per heavy atom. The van der Waals surface area contributed by atoms with Crippen LogP contribution in [0, 0.1) is 6.92 Å². The number of aryl methyl sites for hydroxylation is 2. The maximum absolute atomic E-state index is 12.2. The molecule has 0 N–H and O–H groups in total. The van der Waals surface area contributed by atoms with E-state index in [1.807, 2.05) is 0 Å². The number of oxime groups is 1. The third kappa shape index (κ3) is 9.55. The van der Waals surface area contributed by atoms with Gasteiger partial charge in [-0.1, -0.05) is 28.4 Å². The number of benzene rings is 2. The van der Waals surface area contributed by atoms with Crippen molar-refractivity contribution < 1.29 is 32.2 Å². The van der Waals surface area contributed by atoms with Crippen molar-refractivity contribution in [3.63, 3.8) is 0 Å². The quantitative estimate of drug-likeness (QED) is 0.130. The minimum absolute atomic E-state index is 0.141. The summed E-state index contributed by atoms with van der Waals surface area (Å²) in [4.78, 5) is 4.95. The third-order valence-electron chi connectivity index (χ3n) is 4.75. The normalized spacial score (nSPS) is 11.4. The van der Waals surface area contributed by atoms with Crippen molar-refractivity contribution >= 4 is 29.4 Å². The molecule has 1 heterocycles. The molecule has 0 saturated heterocycles. The van der Waals surface area contributed by atoms with Gasteiger partial charge in [-0.2, -0.15) is 18.3 Å². The van der Waals surface area contributed by atoms with Crippen LogP contribution in [0.4, 0.5) is 13.2 Å². The predicted molar refractivity (Wildman–Crippen MR) is 135 cm³/mol. The molecular weight excluding hydrogens is 534 g/mol. The summed E-state index contributed by atoms with van der Waals surface area (Å²) in [5, 5.41) is 8.07. The van der Waals surface area contributed by atoms with Gasteiger partial charge in [0.15, 0.2) is 0 Å². The minimum Gasteiger partial charge on any atom is -0.489 e. The van der Waals surface area contributed by atoms with Gasteiger partial charge >= 0.3 is 6.18 Å². The number of nitrogens with zero attached hydrogens (tertiary/aromatic N) is 3. The summed E-state index contributed by atoms with van der Waals surface area (Å²) in [5.74, 6) is 2.76. The van der Waals surface area contributed by atoms with Crippen LogP contribution in [0.25, 0.3) is 0 Å². The number of ether oxygens (including phenoxy) is 3. The van der Waals surface area contributed by atoms with E-state index in [0.717, 1.165) is 0 Å². The predicted octanol–water partition coefficient (Wildman–Crippen LogP) is 7.70. The van der Waals surface area contributed by atoms with Crippen molar-refractivity contribution in [1.29, 1.82) is 0 Å². The van der Waals surface area contributed by atoms with Crippen molar-refractivity contribution in [2.24, 2.45) is 12.2 Å². The highest BCUT2D eigenvalue weighted by atomic mass is 35.5. The fraction of sp³-hybridized carbons (Fsp3) is 0.280. The SMILES string of the molecule is Cc1nn(C)c(Oc2ccc(Oc3ccc(OCC=C(Cl)Cl)cc3)cc2)c1C=NOCCCC(F)(F)F. The van der Waals surface area contributed by atoms with E-state index < -0.39 is 12.6 Å². The molecule has 0 unspecified atom stereocenters. The molecule has 0 aliphatic rings. The van der Waals surface area contributed by atoms with Gasteiger partial charge in [0, 0.05) is 13.5 Å². The molecule has 0 aliphatic carbocycles. The molecule has 0 fully saturated rings. The van der Waals surface area contributed by atoms with E-state index in [9.17, 15) is 13.2 Å². The lowest BCUT2D eigenvalue weighted by Gasteiger charge is -2.10. The maximum atomic E-state index is 12.2. The zero-order valence-corrected chi connectivity index (χ0v) is 21.5. The van der Waals surface area contributed by atoms with Gasteiger partial charge in [0.25, 0.3) is 0 Å². The van der Waals surface area contributed by atoms with Gasteiger partial charge in [0.1, 0.15) is 40.7 Å². The Kier molecular flexibility index (Phi) is 10.1. The molecule has 0 aliphatic heterocycles. The fourth-order valence-corrected chi connectivity index (χ4v) is 3.16. The third-order valence-corrected chi connectivity index (χ3v) is 5.06. The van der Waals surface area contributed by atoms with E-state index in [2.05, 4.69) is 10.3 Å². The van der Waals surface area contributed by atoms with Crippen molar-refractivity contribution in [3.8, 4) is 28.9 Å². The lowest BCUT2D eigenvalue weighted by molar-refractivity contribution is -0.137. The molecule has 2 aromatic carbocycles. The Labute approximate surface area is 222 Å². The first kappa shape index (κ1) is 28.2. The van der Waals surface area contributed by atoms with Crippen LogP contribution in [-0.2, 0) is 11.9 Å². The number of hydrogen-bond acceptors (Lipinski definition) is 6. The molecule has 0 saturated carbocycles. The number of halogens is 5. The second-order valence-electron chi connectivity index (χ2n) is 7.67. The first-order valence-corrected chi connectivity index (χ1v) is 11.8. The van der Waals surface area contributed by atoms with Gasteiger partial charge < -0.3 is 19.0 Å². The number of alkyl halides is 3. The van der Waals surface area contributed by atoms with Gasteiger partial charge in [-0.15, -0.1) is 0 Å². The molecule has 7 nitrogen and oxygen atoms in total. The van der Waals surface area contributed by atoms with Gasteiger partial charge in [0.05, 0.1) is 17.5 Å². The fourth-order valence-electron chi connectivity index (χ4n) is 3.03. The molecule has 198 valence electrons. The van der Waals surface area contributed by atoms with Crippen LogP contribution in [0.5, 0.6) is 28.9 Å². The Hall–Kier alpha value is -3.37.